The Bertz CT molecular complexity index is 1200. The molecule has 0 amide bonds. The number of sulfonamides is 1. The molecule has 136 valence electrons. The Balaban J connectivity index is 2.23. The zero-order valence-corrected chi connectivity index (χ0v) is 14.9. The molecule has 3 aromatic rings. The molecule has 0 aliphatic carbocycles. The zero-order chi connectivity index (χ0) is 19.8. The minimum atomic E-state index is -4.40. The number of primary sulfonamides is 1. The molecule has 8 heteroatoms. The van der Waals surface area contributed by atoms with Crippen LogP contribution in [-0.2, 0) is 10.0 Å². The lowest BCUT2D eigenvalue weighted by molar-refractivity contribution is 0.555. The van der Waals surface area contributed by atoms with E-state index in [1.54, 1.807) is 37.3 Å². The predicted molar refractivity (Wildman–Crippen MR) is 95.9 cm³/mol. The normalized spacial score (nSPS) is 11.2. The van der Waals surface area contributed by atoms with Gasteiger partial charge in [0.25, 0.3) is 0 Å². The molecule has 0 unspecified atom stereocenters. The zero-order valence-electron chi connectivity index (χ0n) is 14.1. The molecule has 0 aliphatic heterocycles. The number of halogens is 2. The second kappa shape index (κ2) is 6.87. The summed E-state index contributed by atoms with van der Waals surface area (Å²) in [6.07, 6.45) is 1.42. The first-order valence-electron chi connectivity index (χ1n) is 7.70. The van der Waals surface area contributed by atoms with E-state index in [2.05, 4.69) is 11.1 Å². The van der Waals surface area contributed by atoms with Gasteiger partial charge in [-0.05, 0) is 42.3 Å². The second-order valence-electron chi connectivity index (χ2n) is 5.85. The standard InChI is InChI=1S/C19H13F2N3O2S/c1-11-7-12(4-5-13(11)10-22)14-3-2-6-24-19(14)15-8-17(21)18(9-16(15)20)27(23,25)26/h2-9H,1H3,(H2,23,25,26). The maximum absolute atomic E-state index is 14.6. The van der Waals surface area contributed by atoms with E-state index < -0.39 is 26.6 Å². The highest BCUT2D eigenvalue weighted by atomic mass is 32.2. The average Bonchev–Trinajstić information content (AvgIpc) is 2.62. The fourth-order valence-electron chi connectivity index (χ4n) is 2.74. The van der Waals surface area contributed by atoms with Crippen LogP contribution in [0.1, 0.15) is 11.1 Å². The van der Waals surface area contributed by atoms with Crippen molar-refractivity contribution >= 4 is 10.0 Å². The lowest BCUT2D eigenvalue weighted by Crippen LogP contribution is -2.14. The Morgan fingerprint density at radius 2 is 1.81 bits per heavy atom. The molecule has 2 N–H and O–H groups in total. The number of pyridine rings is 1. The molecule has 0 saturated heterocycles. The van der Waals surface area contributed by atoms with Gasteiger partial charge in [-0.25, -0.2) is 22.3 Å². The molecule has 0 radical (unpaired) electrons. The second-order valence-corrected chi connectivity index (χ2v) is 7.38. The molecule has 0 fully saturated rings. The number of benzene rings is 2. The summed E-state index contributed by atoms with van der Waals surface area (Å²) in [6.45, 7) is 1.76. The van der Waals surface area contributed by atoms with Gasteiger partial charge in [0.2, 0.25) is 10.0 Å². The minimum Gasteiger partial charge on any atom is -0.255 e. The number of aryl methyl sites for hydroxylation is 1. The van der Waals surface area contributed by atoms with Crippen LogP contribution in [0.5, 0.6) is 0 Å². The summed E-state index contributed by atoms with van der Waals surface area (Å²) in [5.41, 5.74) is 2.33. The van der Waals surface area contributed by atoms with Gasteiger partial charge in [-0.2, -0.15) is 5.26 Å². The molecule has 2 aromatic carbocycles. The number of nitrogens with zero attached hydrogens (tertiary/aromatic N) is 2. The molecule has 0 saturated carbocycles. The summed E-state index contributed by atoms with van der Waals surface area (Å²) in [6, 6.07) is 11.7. The van der Waals surface area contributed by atoms with Crippen LogP contribution in [0.25, 0.3) is 22.4 Å². The van der Waals surface area contributed by atoms with Gasteiger partial charge in [0.15, 0.2) is 0 Å². The SMILES string of the molecule is Cc1cc(-c2cccnc2-c2cc(F)c(S(N)(=O)=O)cc2F)ccc1C#N. The maximum Gasteiger partial charge on any atom is 0.241 e. The molecule has 1 heterocycles. The smallest absolute Gasteiger partial charge is 0.241 e. The van der Waals surface area contributed by atoms with Crippen LogP contribution < -0.4 is 5.14 Å². The van der Waals surface area contributed by atoms with Gasteiger partial charge in [-0.1, -0.05) is 18.2 Å². The number of nitrogens with two attached hydrogens (primary N) is 1. The van der Waals surface area contributed by atoms with Gasteiger partial charge in [-0.3, -0.25) is 4.98 Å². The first-order chi connectivity index (χ1) is 12.7. The number of aromatic nitrogens is 1. The number of hydrogen-bond donors (Lipinski definition) is 1. The van der Waals surface area contributed by atoms with Crippen LogP contribution in [0.15, 0.2) is 53.6 Å². The van der Waals surface area contributed by atoms with E-state index in [0.29, 0.717) is 22.8 Å². The molecule has 0 bridgehead atoms. The first kappa shape index (κ1) is 18.6. The molecule has 3 rings (SSSR count). The molecular formula is C19H13F2N3O2S. The lowest BCUT2D eigenvalue weighted by Gasteiger charge is -2.12. The third kappa shape index (κ3) is 3.56. The van der Waals surface area contributed by atoms with Gasteiger partial charge < -0.3 is 0 Å². The van der Waals surface area contributed by atoms with E-state index in [0.717, 1.165) is 11.6 Å². The van der Waals surface area contributed by atoms with Crippen molar-refractivity contribution in [2.75, 3.05) is 0 Å². The van der Waals surface area contributed by atoms with Gasteiger partial charge in [0, 0.05) is 17.3 Å². The van der Waals surface area contributed by atoms with E-state index >= 15 is 0 Å². The van der Waals surface area contributed by atoms with E-state index in [1.165, 1.54) is 6.20 Å². The molecule has 5 nitrogen and oxygen atoms in total. The molecule has 0 aliphatic rings. The van der Waals surface area contributed by atoms with Crippen LogP contribution in [-0.4, -0.2) is 13.4 Å². The van der Waals surface area contributed by atoms with Crippen LogP contribution in [0, 0.1) is 29.9 Å². The molecule has 0 spiro atoms. The molecule has 0 atom stereocenters. The number of rotatable bonds is 3. The van der Waals surface area contributed by atoms with Gasteiger partial charge in [0.05, 0.1) is 17.3 Å². The number of nitriles is 1. The van der Waals surface area contributed by atoms with Crippen LogP contribution in [0.4, 0.5) is 8.78 Å². The van der Waals surface area contributed by atoms with E-state index in [1.807, 2.05) is 0 Å². The van der Waals surface area contributed by atoms with E-state index in [-0.39, 0.29) is 11.3 Å². The van der Waals surface area contributed by atoms with Crippen LogP contribution in [0.2, 0.25) is 0 Å². The van der Waals surface area contributed by atoms with Crippen molar-refractivity contribution in [1.82, 2.24) is 4.98 Å². The van der Waals surface area contributed by atoms with E-state index in [9.17, 15) is 17.2 Å². The average molecular weight is 385 g/mol. The maximum atomic E-state index is 14.6. The molecule has 1 aromatic heterocycles. The summed E-state index contributed by atoms with van der Waals surface area (Å²) in [7, 11) is -4.40. The van der Waals surface area contributed by atoms with Crippen molar-refractivity contribution in [2.45, 2.75) is 11.8 Å². The van der Waals surface area contributed by atoms with Crippen LogP contribution in [0.3, 0.4) is 0 Å². The topological polar surface area (TPSA) is 96.8 Å². The minimum absolute atomic E-state index is 0.138. The van der Waals surface area contributed by atoms with Crippen molar-refractivity contribution in [2.24, 2.45) is 5.14 Å². The highest BCUT2D eigenvalue weighted by Crippen LogP contribution is 2.34. The fourth-order valence-corrected chi connectivity index (χ4v) is 3.34. The Morgan fingerprint density at radius 3 is 2.44 bits per heavy atom. The number of hydrogen-bond acceptors (Lipinski definition) is 4. The Morgan fingerprint density at radius 1 is 1.07 bits per heavy atom. The third-order valence-electron chi connectivity index (χ3n) is 4.05. The first-order valence-corrected chi connectivity index (χ1v) is 9.25. The van der Waals surface area contributed by atoms with Crippen molar-refractivity contribution in [3.8, 4) is 28.5 Å². The highest BCUT2D eigenvalue weighted by molar-refractivity contribution is 7.89. The summed E-state index contributed by atoms with van der Waals surface area (Å²) < 4.78 is 51.5. The van der Waals surface area contributed by atoms with Gasteiger partial charge >= 0.3 is 0 Å². The molecule has 27 heavy (non-hydrogen) atoms. The largest absolute Gasteiger partial charge is 0.255 e. The van der Waals surface area contributed by atoms with Crippen LogP contribution >= 0.6 is 0 Å². The van der Waals surface area contributed by atoms with Crippen molar-refractivity contribution in [1.29, 1.82) is 5.26 Å². The predicted octanol–water partition coefficient (Wildman–Crippen LogP) is 3.52. The lowest BCUT2D eigenvalue weighted by atomic mass is 9.96. The van der Waals surface area contributed by atoms with Crippen molar-refractivity contribution in [3.05, 3.63) is 71.4 Å². The Hall–Kier alpha value is -3.15. The van der Waals surface area contributed by atoms with Gasteiger partial charge in [-0.15, -0.1) is 0 Å². The Labute approximate surface area is 154 Å². The summed E-state index contributed by atoms with van der Waals surface area (Å²) in [4.78, 5) is 3.22. The summed E-state index contributed by atoms with van der Waals surface area (Å²) in [5.74, 6) is -2.13. The summed E-state index contributed by atoms with van der Waals surface area (Å²) >= 11 is 0. The van der Waals surface area contributed by atoms with Gasteiger partial charge in [0.1, 0.15) is 16.5 Å². The van der Waals surface area contributed by atoms with Crippen molar-refractivity contribution < 1.29 is 17.2 Å². The fraction of sp³-hybridized carbons (Fsp3) is 0.0526. The highest BCUT2D eigenvalue weighted by Gasteiger charge is 2.21. The summed E-state index contributed by atoms with van der Waals surface area (Å²) in [5, 5.41) is 14.0. The monoisotopic (exact) mass is 385 g/mol. The quantitative estimate of drug-likeness (QED) is 0.746. The van der Waals surface area contributed by atoms with Crippen molar-refractivity contribution in [3.63, 3.8) is 0 Å². The Kier molecular flexibility index (Phi) is 4.74. The third-order valence-corrected chi connectivity index (χ3v) is 4.97. The molecular weight excluding hydrogens is 372 g/mol. The van der Waals surface area contributed by atoms with E-state index in [4.69, 9.17) is 10.4 Å².